The van der Waals surface area contributed by atoms with E-state index in [-0.39, 0.29) is 0 Å². The van der Waals surface area contributed by atoms with Crippen molar-refractivity contribution in [2.24, 2.45) is 17.3 Å². The van der Waals surface area contributed by atoms with Gasteiger partial charge in [-0.2, -0.15) is 0 Å². The lowest BCUT2D eigenvalue weighted by molar-refractivity contribution is -0.866. The van der Waals surface area contributed by atoms with E-state index in [0.717, 1.165) is 16.3 Å². The average molecular weight is 194 g/mol. The Balaban J connectivity index is 2.11. The molecule has 2 bridgehead atoms. The van der Waals surface area contributed by atoms with Crippen molar-refractivity contribution in [2.75, 3.05) is 27.7 Å². The number of allylic oxidation sites excluding steroid dienone is 1. The molecule has 2 atom stereocenters. The third-order valence-corrected chi connectivity index (χ3v) is 4.24. The second-order valence-electron chi connectivity index (χ2n) is 6.77. The first kappa shape index (κ1) is 10.2. The molecule has 0 aromatic rings. The molecule has 3 aliphatic rings. The Labute approximate surface area is 88.4 Å². The lowest BCUT2D eigenvalue weighted by Gasteiger charge is -2.56. The molecule has 0 aromatic carbocycles. The average Bonchev–Trinajstić information content (AvgIpc) is 2.00. The van der Waals surface area contributed by atoms with Crippen LogP contribution in [0.25, 0.3) is 0 Å². The van der Waals surface area contributed by atoms with Crippen LogP contribution in [0, 0.1) is 17.3 Å². The first-order valence-electron chi connectivity index (χ1n) is 5.80. The van der Waals surface area contributed by atoms with Crippen LogP contribution in [0.3, 0.4) is 0 Å². The van der Waals surface area contributed by atoms with Crippen LogP contribution < -0.4 is 0 Å². The number of nitrogens with zero attached hydrogens (tertiary/aromatic N) is 1. The van der Waals surface area contributed by atoms with E-state index in [0.29, 0.717) is 5.41 Å². The maximum Gasteiger partial charge on any atom is 0.1000 e. The van der Waals surface area contributed by atoms with Crippen molar-refractivity contribution < 1.29 is 4.48 Å². The molecule has 0 heterocycles. The topological polar surface area (TPSA) is 0 Å². The van der Waals surface area contributed by atoms with E-state index >= 15 is 0 Å². The summed E-state index contributed by atoms with van der Waals surface area (Å²) >= 11 is 0. The molecule has 1 nitrogen and oxygen atoms in total. The molecular formula is C13H24N+. The summed E-state index contributed by atoms with van der Waals surface area (Å²) in [6.45, 7) is 6.14. The van der Waals surface area contributed by atoms with Gasteiger partial charge in [-0.15, -0.1) is 0 Å². The van der Waals surface area contributed by atoms with Gasteiger partial charge >= 0.3 is 0 Å². The Kier molecular flexibility index (Phi) is 2.08. The Morgan fingerprint density at radius 1 is 1.36 bits per heavy atom. The third kappa shape index (κ3) is 1.52. The highest BCUT2D eigenvalue weighted by Crippen LogP contribution is 2.59. The van der Waals surface area contributed by atoms with Crippen LogP contribution in [-0.4, -0.2) is 32.2 Å². The predicted molar refractivity (Wildman–Crippen MR) is 61.0 cm³/mol. The summed E-state index contributed by atoms with van der Waals surface area (Å²) < 4.78 is 1.07. The molecule has 0 aromatic heterocycles. The molecule has 0 N–H and O–H groups in total. The number of hydrogen-bond acceptors (Lipinski definition) is 0. The molecule has 0 radical (unpaired) electrons. The van der Waals surface area contributed by atoms with Crippen LogP contribution in [0.5, 0.6) is 0 Å². The van der Waals surface area contributed by atoms with Crippen LogP contribution in [0.2, 0.25) is 0 Å². The molecule has 0 aliphatic heterocycles. The Morgan fingerprint density at radius 3 is 2.43 bits per heavy atom. The van der Waals surface area contributed by atoms with E-state index in [1.807, 2.05) is 0 Å². The number of quaternary nitrogens is 1. The van der Waals surface area contributed by atoms with Gasteiger partial charge in [0.05, 0.1) is 27.7 Å². The van der Waals surface area contributed by atoms with E-state index in [4.69, 9.17) is 0 Å². The molecule has 3 rings (SSSR count). The molecule has 0 saturated heterocycles. The maximum atomic E-state index is 2.52. The first-order valence-corrected chi connectivity index (χ1v) is 5.80. The van der Waals surface area contributed by atoms with Gasteiger partial charge in [0.25, 0.3) is 0 Å². The fourth-order valence-corrected chi connectivity index (χ4v) is 3.20. The van der Waals surface area contributed by atoms with E-state index in [1.54, 1.807) is 5.57 Å². The highest BCUT2D eigenvalue weighted by Gasteiger charge is 2.51. The van der Waals surface area contributed by atoms with Crippen molar-refractivity contribution in [3.63, 3.8) is 0 Å². The maximum absolute atomic E-state index is 2.52. The van der Waals surface area contributed by atoms with E-state index in [1.165, 1.54) is 19.4 Å². The lowest BCUT2D eigenvalue weighted by atomic mass is 9.49. The summed E-state index contributed by atoms with van der Waals surface area (Å²) in [6.07, 6.45) is 5.31. The lowest BCUT2D eigenvalue weighted by Crippen LogP contribution is -2.51. The van der Waals surface area contributed by atoms with Crippen LogP contribution in [-0.2, 0) is 0 Å². The van der Waals surface area contributed by atoms with Crippen molar-refractivity contribution in [1.82, 2.24) is 0 Å². The first-order chi connectivity index (χ1) is 6.31. The molecule has 0 spiro atoms. The zero-order valence-corrected chi connectivity index (χ0v) is 10.3. The molecule has 3 aliphatic carbocycles. The summed E-state index contributed by atoms with van der Waals surface area (Å²) in [5.41, 5.74) is 2.32. The van der Waals surface area contributed by atoms with Gasteiger partial charge in [0.2, 0.25) is 0 Å². The summed E-state index contributed by atoms with van der Waals surface area (Å²) in [5.74, 6) is 1.86. The fraction of sp³-hybridized carbons (Fsp3) is 0.846. The summed E-state index contributed by atoms with van der Waals surface area (Å²) in [4.78, 5) is 0. The number of rotatable bonds is 2. The molecular weight excluding hydrogens is 170 g/mol. The van der Waals surface area contributed by atoms with Crippen LogP contribution in [0.4, 0.5) is 0 Å². The van der Waals surface area contributed by atoms with Gasteiger partial charge in [-0.05, 0) is 35.7 Å². The van der Waals surface area contributed by atoms with E-state index in [2.05, 4.69) is 41.1 Å². The zero-order valence-electron chi connectivity index (χ0n) is 10.3. The van der Waals surface area contributed by atoms with Gasteiger partial charge in [-0.1, -0.05) is 19.9 Å². The molecule has 2 unspecified atom stereocenters. The second kappa shape index (κ2) is 2.85. The smallest absolute Gasteiger partial charge is 0.1000 e. The molecule has 1 saturated carbocycles. The minimum Gasteiger partial charge on any atom is -0.327 e. The van der Waals surface area contributed by atoms with Crippen LogP contribution >= 0.6 is 0 Å². The second-order valence-corrected chi connectivity index (χ2v) is 6.77. The number of fused-ring (bicyclic) bond motifs is 1. The van der Waals surface area contributed by atoms with Gasteiger partial charge in [-0.3, -0.25) is 0 Å². The van der Waals surface area contributed by atoms with Crippen LogP contribution in [0.1, 0.15) is 26.7 Å². The molecule has 14 heavy (non-hydrogen) atoms. The largest absolute Gasteiger partial charge is 0.327 e. The summed E-state index contributed by atoms with van der Waals surface area (Å²) in [7, 11) is 6.87. The number of hydrogen-bond donors (Lipinski definition) is 0. The fourth-order valence-electron chi connectivity index (χ4n) is 3.20. The monoisotopic (exact) mass is 194 g/mol. The van der Waals surface area contributed by atoms with Crippen molar-refractivity contribution in [1.29, 1.82) is 0 Å². The Bertz CT molecular complexity index is 267. The van der Waals surface area contributed by atoms with Crippen molar-refractivity contribution >= 4 is 0 Å². The van der Waals surface area contributed by atoms with Gasteiger partial charge in [-0.25, -0.2) is 0 Å². The van der Waals surface area contributed by atoms with Gasteiger partial charge in [0.15, 0.2) is 0 Å². The minimum atomic E-state index is 0.596. The molecule has 1 fully saturated rings. The summed E-state index contributed by atoms with van der Waals surface area (Å²) in [6, 6.07) is 0. The standard InChI is InChI=1S/C13H24N/c1-13(2)11-7-6-10(12(13)8-11)9-14(3,4)5/h6,11-12H,7-9H2,1-5H3/q+1. The van der Waals surface area contributed by atoms with Crippen molar-refractivity contribution in [3.8, 4) is 0 Å². The summed E-state index contributed by atoms with van der Waals surface area (Å²) in [5, 5.41) is 0. The third-order valence-electron chi connectivity index (χ3n) is 4.24. The van der Waals surface area contributed by atoms with Crippen molar-refractivity contribution in [2.45, 2.75) is 26.7 Å². The molecule has 1 heteroatoms. The van der Waals surface area contributed by atoms with Gasteiger partial charge < -0.3 is 4.48 Å². The number of likely N-dealkylation sites (N-methyl/N-ethyl adjacent to an activating group) is 1. The zero-order chi connectivity index (χ0) is 10.6. The van der Waals surface area contributed by atoms with Crippen LogP contribution in [0.15, 0.2) is 11.6 Å². The van der Waals surface area contributed by atoms with E-state index in [9.17, 15) is 0 Å². The predicted octanol–water partition coefficient (Wildman–Crippen LogP) is 2.69. The Morgan fingerprint density at radius 2 is 2.00 bits per heavy atom. The van der Waals surface area contributed by atoms with Gasteiger partial charge in [0, 0.05) is 0 Å². The molecule has 0 amide bonds. The highest BCUT2D eigenvalue weighted by atomic mass is 15.3. The highest BCUT2D eigenvalue weighted by molar-refractivity contribution is 5.23. The SMILES string of the molecule is CC1(C)C2CC=C(C[N+](C)(C)C)C1C2. The molecule has 80 valence electrons. The quantitative estimate of drug-likeness (QED) is 0.468. The van der Waals surface area contributed by atoms with Crippen molar-refractivity contribution in [3.05, 3.63) is 11.6 Å². The minimum absolute atomic E-state index is 0.596. The Hall–Kier alpha value is -0.300. The van der Waals surface area contributed by atoms with E-state index < -0.39 is 0 Å². The van der Waals surface area contributed by atoms with Gasteiger partial charge in [0.1, 0.15) is 0 Å². The normalized spacial score (nSPS) is 34.8.